The van der Waals surface area contributed by atoms with Gasteiger partial charge in [0, 0.05) is 13.0 Å². The highest BCUT2D eigenvalue weighted by Gasteiger charge is 2.37. The highest BCUT2D eigenvalue weighted by molar-refractivity contribution is 7.18. The maximum Gasteiger partial charge on any atom is 0.311 e. The molecule has 1 saturated heterocycles. The van der Waals surface area contributed by atoms with Gasteiger partial charge in [-0.05, 0) is 24.3 Å². The summed E-state index contributed by atoms with van der Waals surface area (Å²) in [5.74, 6) is -1.82. The van der Waals surface area contributed by atoms with Crippen LogP contribution in [0.25, 0.3) is 10.2 Å². The molecule has 5 nitrogen and oxygen atoms in total. The van der Waals surface area contributed by atoms with E-state index in [4.69, 9.17) is 4.74 Å². The number of amides is 1. The SMILES string of the molecule is O=C(OCc1nc2ccccc2s1)[C@@H]1CC(=O)N(c2ccccc2F)C1. The zero-order chi connectivity index (χ0) is 18.1. The largest absolute Gasteiger partial charge is 0.458 e. The third-order valence-corrected chi connectivity index (χ3v) is 5.29. The van der Waals surface area contributed by atoms with E-state index in [1.165, 1.54) is 28.4 Å². The molecule has 0 saturated carbocycles. The number of benzene rings is 2. The van der Waals surface area contributed by atoms with Gasteiger partial charge in [-0.1, -0.05) is 24.3 Å². The van der Waals surface area contributed by atoms with Crippen LogP contribution in [0.15, 0.2) is 48.5 Å². The third-order valence-electron chi connectivity index (χ3n) is 4.28. The van der Waals surface area contributed by atoms with E-state index in [1.807, 2.05) is 24.3 Å². The van der Waals surface area contributed by atoms with Gasteiger partial charge in [-0.3, -0.25) is 9.59 Å². The van der Waals surface area contributed by atoms with Crippen LogP contribution in [0.1, 0.15) is 11.4 Å². The zero-order valence-corrected chi connectivity index (χ0v) is 14.5. The van der Waals surface area contributed by atoms with Crippen molar-refractivity contribution in [3.05, 3.63) is 59.4 Å². The van der Waals surface area contributed by atoms with Crippen molar-refractivity contribution in [3.63, 3.8) is 0 Å². The first kappa shape index (κ1) is 16.7. The molecule has 4 rings (SSSR count). The lowest BCUT2D eigenvalue weighted by Crippen LogP contribution is -2.27. The Balaban J connectivity index is 1.41. The first-order valence-corrected chi connectivity index (χ1v) is 8.99. The molecule has 2 aromatic carbocycles. The Morgan fingerprint density at radius 1 is 1.23 bits per heavy atom. The second-order valence-corrected chi connectivity index (χ2v) is 7.16. The highest BCUT2D eigenvalue weighted by Crippen LogP contribution is 2.28. The lowest BCUT2D eigenvalue weighted by Gasteiger charge is -2.17. The van der Waals surface area contributed by atoms with Gasteiger partial charge in [-0.15, -0.1) is 11.3 Å². The number of ether oxygens (including phenoxy) is 1. The molecular weight excluding hydrogens is 355 g/mol. The first-order chi connectivity index (χ1) is 12.6. The third kappa shape index (κ3) is 3.17. The molecule has 26 heavy (non-hydrogen) atoms. The van der Waals surface area contributed by atoms with Crippen molar-refractivity contribution < 1.29 is 18.7 Å². The number of carbonyl (C=O) groups excluding carboxylic acids is 2. The van der Waals surface area contributed by atoms with Crippen molar-refractivity contribution in [3.8, 4) is 0 Å². The predicted octanol–water partition coefficient (Wildman–Crippen LogP) is 3.53. The van der Waals surface area contributed by atoms with Crippen LogP contribution in [0, 0.1) is 11.7 Å². The normalized spacial score (nSPS) is 17.0. The molecule has 1 aromatic heterocycles. The van der Waals surface area contributed by atoms with Crippen LogP contribution >= 0.6 is 11.3 Å². The fourth-order valence-corrected chi connectivity index (χ4v) is 3.88. The Labute approximate surface area is 153 Å². The number of rotatable bonds is 4. The van der Waals surface area contributed by atoms with Crippen LogP contribution in [0.4, 0.5) is 10.1 Å². The first-order valence-electron chi connectivity index (χ1n) is 8.18. The summed E-state index contributed by atoms with van der Waals surface area (Å²) < 4.78 is 20.3. The zero-order valence-electron chi connectivity index (χ0n) is 13.7. The summed E-state index contributed by atoms with van der Waals surface area (Å²) in [5, 5.41) is 0.704. The van der Waals surface area contributed by atoms with E-state index in [-0.39, 0.29) is 31.2 Å². The Bertz CT molecular complexity index is 955. The number of hydrogen-bond acceptors (Lipinski definition) is 5. The number of aromatic nitrogens is 1. The number of para-hydroxylation sites is 2. The number of nitrogens with zero attached hydrogens (tertiary/aromatic N) is 2. The lowest BCUT2D eigenvalue weighted by molar-refractivity contribution is -0.149. The molecular formula is C19H15FN2O3S. The Kier molecular flexibility index (Phi) is 4.38. The molecule has 1 amide bonds. The van der Waals surface area contributed by atoms with Gasteiger partial charge in [-0.2, -0.15) is 0 Å². The van der Waals surface area contributed by atoms with E-state index >= 15 is 0 Å². The summed E-state index contributed by atoms with van der Waals surface area (Å²) in [7, 11) is 0. The Morgan fingerprint density at radius 2 is 2.00 bits per heavy atom. The number of fused-ring (bicyclic) bond motifs is 1. The minimum atomic E-state index is -0.600. The van der Waals surface area contributed by atoms with Gasteiger partial charge >= 0.3 is 5.97 Å². The van der Waals surface area contributed by atoms with Crippen LogP contribution in [0.3, 0.4) is 0 Å². The van der Waals surface area contributed by atoms with Crippen molar-refractivity contribution in [2.75, 3.05) is 11.4 Å². The van der Waals surface area contributed by atoms with Crippen molar-refractivity contribution >= 4 is 39.1 Å². The van der Waals surface area contributed by atoms with E-state index in [2.05, 4.69) is 4.98 Å². The average molecular weight is 370 g/mol. The molecule has 0 unspecified atom stereocenters. The molecule has 1 atom stereocenters. The van der Waals surface area contributed by atoms with Crippen LogP contribution in [0.5, 0.6) is 0 Å². The van der Waals surface area contributed by atoms with Crippen LogP contribution in [-0.2, 0) is 20.9 Å². The molecule has 7 heteroatoms. The van der Waals surface area contributed by atoms with Crippen molar-refractivity contribution in [1.29, 1.82) is 0 Å². The summed E-state index contributed by atoms with van der Waals surface area (Å²) in [4.78, 5) is 30.2. The molecule has 0 N–H and O–H groups in total. The maximum atomic E-state index is 13.9. The molecule has 0 spiro atoms. The van der Waals surface area contributed by atoms with Gasteiger partial charge in [0.05, 0.1) is 21.8 Å². The molecule has 1 aliphatic heterocycles. The van der Waals surface area contributed by atoms with Gasteiger partial charge in [0.2, 0.25) is 5.91 Å². The van der Waals surface area contributed by atoms with Crippen LogP contribution < -0.4 is 4.90 Å². The Morgan fingerprint density at radius 3 is 2.81 bits per heavy atom. The van der Waals surface area contributed by atoms with Crippen molar-refractivity contribution in [1.82, 2.24) is 4.98 Å². The molecule has 0 bridgehead atoms. The minimum Gasteiger partial charge on any atom is -0.458 e. The number of carbonyl (C=O) groups is 2. The number of esters is 1. The topological polar surface area (TPSA) is 59.5 Å². The fraction of sp³-hybridized carbons (Fsp3) is 0.211. The van der Waals surface area contributed by atoms with E-state index in [0.717, 1.165) is 10.2 Å². The van der Waals surface area contributed by atoms with Gasteiger partial charge in [-0.25, -0.2) is 9.37 Å². The maximum absolute atomic E-state index is 13.9. The minimum absolute atomic E-state index is 0.0208. The standard InChI is InChI=1S/C19H15FN2O3S/c20-13-5-1-3-7-15(13)22-10-12(9-18(22)23)19(24)25-11-17-21-14-6-2-4-8-16(14)26-17/h1-8,12H,9-11H2/t12-/m1/s1. The average Bonchev–Trinajstić information content (AvgIpc) is 3.23. The van der Waals surface area contributed by atoms with Crippen LogP contribution in [0.2, 0.25) is 0 Å². The molecule has 0 aliphatic carbocycles. The second kappa shape index (κ2) is 6.84. The number of anilines is 1. The van der Waals surface area contributed by atoms with Crippen molar-refractivity contribution in [2.24, 2.45) is 5.92 Å². The van der Waals surface area contributed by atoms with Crippen molar-refractivity contribution in [2.45, 2.75) is 13.0 Å². The smallest absolute Gasteiger partial charge is 0.311 e. The summed E-state index contributed by atoms with van der Waals surface area (Å²) >= 11 is 1.47. The van der Waals surface area contributed by atoms with E-state index in [9.17, 15) is 14.0 Å². The summed E-state index contributed by atoms with van der Waals surface area (Å²) in [6.07, 6.45) is 0.0208. The molecule has 1 aliphatic rings. The predicted molar refractivity (Wildman–Crippen MR) is 96.3 cm³/mol. The van der Waals surface area contributed by atoms with E-state index in [1.54, 1.807) is 12.1 Å². The van der Waals surface area contributed by atoms with E-state index in [0.29, 0.717) is 5.01 Å². The second-order valence-electron chi connectivity index (χ2n) is 6.04. The molecule has 2 heterocycles. The molecule has 132 valence electrons. The van der Waals surface area contributed by atoms with Gasteiger partial charge < -0.3 is 9.64 Å². The van der Waals surface area contributed by atoms with Crippen LogP contribution in [-0.4, -0.2) is 23.4 Å². The Hall–Kier alpha value is -2.80. The quantitative estimate of drug-likeness (QED) is 0.659. The molecule has 1 fully saturated rings. The summed E-state index contributed by atoms with van der Waals surface area (Å²) in [6, 6.07) is 13.7. The summed E-state index contributed by atoms with van der Waals surface area (Å²) in [6.45, 7) is 0.195. The molecule has 0 radical (unpaired) electrons. The fourth-order valence-electron chi connectivity index (χ4n) is 3.00. The summed E-state index contributed by atoms with van der Waals surface area (Å²) in [5.41, 5.74) is 1.06. The number of hydrogen-bond donors (Lipinski definition) is 0. The van der Waals surface area contributed by atoms with Gasteiger partial charge in [0.1, 0.15) is 17.4 Å². The lowest BCUT2D eigenvalue weighted by atomic mass is 10.1. The highest BCUT2D eigenvalue weighted by atomic mass is 32.1. The number of halogens is 1. The molecule has 3 aromatic rings. The van der Waals surface area contributed by atoms with Gasteiger partial charge in [0.15, 0.2) is 0 Å². The van der Waals surface area contributed by atoms with Gasteiger partial charge in [0.25, 0.3) is 0 Å². The number of thiazole rings is 1. The van der Waals surface area contributed by atoms with E-state index < -0.39 is 17.7 Å². The monoisotopic (exact) mass is 370 g/mol.